The minimum atomic E-state index is -0.763. The quantitative estimate of drug-likeness (QED) is 0.682. The SMILES string of the molecule is CCOC(=O)C1=NN(c2ccccc2)C(C(=O)NC(CC(C)C)C(=O)OC)C1. The van der Waals surface area contributed by atoms with E-state index >= 15 is 0 Å². The number of benzene rings is 1. The summed E-state index contributed by atoms with van der Waals surface area (Å²) in [5, 5.41) is 8.55. The molecule has 2 unspecified atom stereocenters. The van der Waals surface area contributed by atoms with Crippen LogP contribution in [0.25, 0.3) is 0 Å². The van der Waals surface area contributed by atoms with E-state index in [0.717, 1.165) is 0 Å². The molecular weight excluding hydrogens is 362 g/mol. The summed E-state index contributed by atoms with van der Waals surface area (Å²) in [5.41, 5.74) is 0.838. The lowest BCUT2D eigenvalue weighted by atomic mass is 10.0. The van der Waals surface area contributed by atoms with E-state index < -0.39 is 29.9 Å². The maximum atomic E-state index is 13.0. The normalized spacial score (nSPS) is 17.1. The molecule has 0 bridgehead atoms. The zero-order valence-electron chi connectivity index (χ0n) is 16.7. The lowest BCUT2D eigenvalue weighted by Crippen LogP contribution is -2.50. The number of methoxy groups -OCH3 is 1. The van der Waals surface area contributed by atoms with Crippen molar-refractivity contribution in [3.8, 4) is 0 Å². The van der Waals surface area contributed by atoms with E-state index in [1.54, 1.807) is 19.1 Å². The number of ether oxygens (including phenoxy) is 2. The summed E-state index contributed by atoms with van der Waals surface area (Å²) >= 11 is 0. The van der Waals surface area contributed by atoms with Gasteiger partial charge in [0, 0.05) is 6.42 Å². The zero-order chi connectivity index (χ0) is 20.7. The van der Waals surface area contributed by atoms with Crippen LogP contribution >= 0.6 is 0 Å². The van der Waals surface area contributed by atoms with Crippen LogP contribution in [0.5, 0.6) is 0 Å². The zero-order valence-corrected chi connectivity index (χ0v) is 16.7. The number of carbonyl (C=O) groups excluding carboxylic acids is 3. The first-order chi connectivity index (χ1) is 13.4. The van der Waals surface area contributed by atoms with Gasteiger partial charge in [-0.2, -0.15) is 5.10 Å². The lowest BCUT2D eigenvalue weighted by molar-refractivity contribution is -0.145. The Labute approximate surface area is 164 Å². The number of hydrogen-bond donors (Lipinski definition) is 1. The molecule has 2 atom stereocenters. The number of hydrazone groups is 1. The highest BCUT2D eigenvalue weighted by Crippen LogP contribution is 2.25. The van der Waals surface area contributed by atoms with Crippen LogP contribution < -0.4 is 10.3 Å². The molecule has 1 amide bonds. The molecule has 1 aliphatic rings. The van der Waals surface area contributed by atoms with E-state index in [0.29, 0.717) is 12.1 Å². The average Bonchev–Trinajstić information content (AvgIpc) is 3.13. The van der Waals surface area contributed by atoms with Gasteiger partial charge >= 0.3 is 11.9 Å². The van der Waals surface area contributed by atoms with Gasteiger partial charge in [-0.15, -0.1) is 0 Å². The Balaban J connectivity index is 2.24. The summed E-state index contributed by atoms with van der Waals surface area (Å²) < 4.78 is 9.83. The molecule has 28 heavy (non-hydrogen) atoms. The van der Waals surface area contributed by atoms with Crippen molar-refractivity contribution in [3.63, 3.8) is 0 Å². The number of nitrogens with zero attached hydrogens (tertiary/aromatic N) is 2. The summed E-state index contributed by atoms with van der Waals surface area (Å²) in [6.07, 6.45) is 0.539. The van der Waals surface area contributed by atoms with Gasteiger partial charge in [-0.3, -0.25) is 9.80 Å². The molecule has 1 aromatic carbocycles. The third-order valence-electron chi connectivity index (χ3n) is 4.25. The second kappa shape index (κ2) is 9.87. The fourth-order valence-corrected chi connectivity index (χ4v) is 2.97. The molecule has 0 aromatic heterocycles. The summed E-state index contributed by atoms with van der Waals surface area (Å²) in [5.74, 6) is -1.27. The fraction of sp³-hybridized carbons (Fsp3) is 0.500. The minimum absolute atomic E-state index is 0.0924. The van der Waals surface area contributed by atoms with Crippen molar-refractivity contribution in [3.05, 3.63) is 30.3 Å². The molecule has 0 spiro atoms. The molecule has 2 rings (SSSR count). The standard InChI is InChI=1S/C20H27N3O5/c1-5-28-20(26)16-12-17(23(22-16)14-9-7-6-8-10-14)18(24)21-15(11-13(2)3)19(25)27-4/h6-10,13,15,17H,5,11-12H2,1-4H3,(H,21,24). The minimum Gasteiger partial charge on any atom is -0.467 e. The Bertz CT molecular complexity index is 733. The third-order valence-corrected chi connectivity index (χ3v) is 4.25. The topological polar surface area (TPSA) is 97.3 Å². The smallest absolute Gasteiger partial charge is 0.354 e. The monoisotopic (exact) mass is 389 g/mol. The molecule has 1 N–H and O–H groups in total. The molecule has 8 heteroatoms. The number of nitrogens with one attached hydrogen (secondary N) is 1. The van der Waals surface area contributed by atoms with Gasteiger partial charge in [0.2, 0.25) is 5.91 Å². The van der Waals surface area contributed by atoms with Crippen LogP contribution in [0, 0.1) is 5.92 Å². The first-order valence-electron chi connectivity index (χ1n) is 9.34. The van der Waals surface area contributed by atoms with E-state index in [9.17, 15) is 14.4 Å². The first-order valence-corrected chi connectivity index (χ1v) is 9.34. The van der Waals surface area contributed by atoms with Gasteiger partial charge < -0.3 is 14.8 Å². The molecule has 8 nitrogen and oxygen atoms in total. The summed E-state index contributed by atoms with van der Waals surface area (Å²) in [7, 11) is 1.29. The molecule has 0 radical (unpaired) electrons. The number of carbonyl (C=O) groups is 3. The van der Waals surface area contributed by atoms with Crippen LogP contribution in [0.1, 0.15) is 33.6 Å². The second-order valence-corrected chi connectivity index (χ2v) is 6.88. The number of hydrogen-bond acceptors (Lipinski definition) is 7. The first kappa shape index (κ1) is 21.4. The van der Waals surface area contributed by atoms with E-state index in [1.165, 1.54) is 12.1 Å². The largest absolute Gasteiger partial charge is 0.467 e. The highest BCUT2D eigenvalue weighted by Gasteiger charge is 2.38. The summed E-state index contributed by atoms with van der Waals surface area (Å²) in [4.78, 5) is 37.2. The highest BCUT2D eigenvalue weighted by atomic mass is 16.5. The maximum absolute atomic E-state index is 13.0. The van der Waals surface area contributed by atoms with E-state index in [1.807, 2.05) is 32.0 Å². The van der Waals surface area contributed by atoms with Gasteiger partial charge in [-0.05, 0) is 31.4 Å². The Morgan fingerprint density at radius 3 is 2.50 bits per heavy atom. The van der Waals surface area contributed by atoms with E-state index in [4.69, 9.17) is 9.47 Å². The van der Waals surface area contributed by atoms with E-state index in [2.05, 4.69) is 10.4 Å². The van der Waals surface area contributed by atoms with Crippen LogP contribution in [0.15, 0.2) is 35.4 Å². The van der Waals surface area contributed by atoms with Crippen molar-refractivity contribution in [1.29, 1.82) is 0 Å². The number of amides is 1. The number of para-hydroxylation sites is 1. The number of anilines is 1. The Morgan fingerprint density at radius 1 is 1.25 bits per heavy atom. The molecule has 0 fully saturated rings. The number of esters is 2. The molecular formula is C20H27N3O5. The van der Waals surface area contributed by atoms with Crippen molar-refractivity contribution < 1.29 is 23.9 Å². The Hall–Kier alpha value is -2.90. The van der Waals surface area contributed by atoms with Crippen molar-refractivity contribution in [2.45, 2.75) is 45.7 Å². The van der Waals surface area contributed by atoms with E-state index in [-0.39, 0.29) is 24.7 Å². The number of rotatable bonds is 8. The fourth-order valence-electron chi connectivity index (χ4n) is 2.97. The Kier molecular flexibility index (Phi) is 7.54. The van der Waals surface area contributed by atoms with Gasteiger partial charge in [0.05, 0.1) is 19.4 Å². The highest BCUT2D eigenvalue weighted by molar-refractivity contribution is 6.38. The summed E-state index contributed by atoms with van der Waals surface area (Å²) in [6.45, 7) is 5.84. The van der Waals surface area contributed by atoms with Gasteiger partial charge in [0.25, 0.3) is 0 Å². The third kappa shape index (κ3) is 5.31. The van der Waals surface area contributed by atoms with Crippen molar-refractivity contribution in [2.75, 3.05) is 18.7 Å². The second-order valence-electron chi connectivity index (χ2n) is 6.88. The van der Waals surface area contributed by atoms with Gasteiger partial charge in [-0.1, -0.05) is 32.0 Å². The van der Waals surface area contributed by atoms with Crippen molar-refractivity contribution in [1.82, 2.24) is 5.32 Å². The molecule has 0 saturated carbocycles. The van der Waals surface area contributed by atoms with Crippen molar-refractivity contribution >= 4 is 29.2 Å². The predicted octanol–water partition coefficient (Wildman–Crippen LogP) is 1.89. The Morgan fingerprint density at radius 2 is 1.93 bits per heavy atom. The van der Waals surface area contributed by atoms with Crippen LogP contribution in [-0.4, -0.2) is 49.4 Å². The van der Waals surface area contributed by atoms with Gasteiger partial charge in [0.1, 0.15) is 17.8 Å². The van der Waals surface area contributed by atoms with Crippen LogP contribution in [0.4, 0.5) is 5.69 Å². The lowest BCUT2D eigenvalue weighted by Gasteiger charge is -2.25. The van der Waals surface area contributed by atoms with Crippen LogP contribution in [0.3, 0.4) is 0 Å². The van der Waals surface area contributed by atoms with Gasteiger partial charge in [-0.25, -0.2) is 9.59 Å². The maximum Gasteiger partial charge on any atom is 0.354 e. The predicted molar refractivity (Wildman–Crippen MR) is 105 cm³/mol. The van der Waals surface area contributed by atoms with Crippen molar-refractivity contribution in [2.24, 2.45) is 11.0 Å². The molecule has 1 aliphatic heterocycles. The van der Waals surface area contributed by atoms with Crippen LogP contribution in [0.2, 0.25) is 0 Å². The summed E-state index contributed by atoms with van der Waals surface area (Å²) in [6, 6.07) is 7.55. The molecule has 0 aliphatic carbocycles. The molecule has 1 aromatic rings. The average molecular weight is 389 g/mol. The van der Waals surface area contributed by atoms with Gasteiger partial charge in [0.15, 0.2) is 0 Å². The molecule has 152 valence electrons. The molecule has 1 heterocycles. The molecule has 0 saturated heterocycles. The van der Waals surface area contributed by atoms with Crippen LogP contribution in [-0.2, 0) is 23.9 Å².